The van der Waals surface area contributed by atoms with Crippen molar-refractivity contribution in [3.63, 3.8) is 0 Å². The van der Waals surface area contributed by atoms with Gasteiger partial charge in [-0.05, 0) is 40.9 Å². The van der Waals surface area contributed by atoms with Crippen LogP contribution in [0.25, 0.3) is 0 Å². The Morgan fingerprint density at radius 3 is 2.63 bits per heavy atom. The van der Waals surface area contributed by atoms with Crippen LogP contribution < -0.4 is 5.32 Å². The van der Waals surface area contributed by atoms with Gasteiger partial charge >= 0.3 is 5.97 Å². The maximum absolute atomic E-state index is 12.0. The quantitative estimate of drug-likeness (QED) is 0.870. The summed E-state index contributed by atoms with van der Waals surface area (Å²) < 4.78 is 0.657. The van der Waals surface area contributed by atoms with Gasteiger partial charge in [-0.3, -0.25) is 9.59 Å². The van der Waals surface area contributed by atoms with Crippen molar-refractivity contribution in [1.82, 2.24) is 4.98 Å². The van der Waals surface area contributed by atoms with Crippen LogP contribution in [-0.4, -0.2) is 22.0 Å². The lowest BCUT2D eigenvalue weighted by Crippen LogP contribution is -2.37. The highest BCUT2D eigenvalue weighted by molar-refractivity contribution is 9.10. The van der Waals surface area contributed by atoms with E-state index in [1.807, 2.05) is 0 Å². The number of hydrogen-bond acceptors (Lipinski definition) is 3. The second-order valence-electron chi connectivity index (χ2n) is 4.94. The third-order valence-corrected chi connectivity index (χ3v) is 3.95. The molecule has 0 aromatic carbocycles. The van der Waals surface area contributed by atoms with Crippen LogP contribution in [0, 0.1) is 11.3 Å². The van der Waals surface area contributed by atoms with Crippen LogP contribution in [0.15, 0.2) is 22.8 Å². The SMILES string of the molecule is CC(C)C(C)(CC(=O)Nc1ncccc1Br)C(=O)O. The molecule has 1 amide bonds. The molecule has 0 radical (unpaired) electrons. The summed E-state index contributed by atoms with van der Waals surface area (Å²) in [5, 5.41) is 11.9. The minimum Gasteiger partial charge on any atom is -0.481 e. The third-order valence-electron chi connectivity index (χ3n) is 3.31. The number of carboxylic acids is 1. The minimum atomic E-state index is -1.09. The van der Waals surface area contributed by atoms with E-state index in [-0.39, 0.29) is 18.2 Å². The molecule has 6 heteroatoms. The maximum atomic E-state index is 12.0. The number of rotatable bonds is 5. The number of nitrogens with zero attached hydrogens (tertiary/aromatic N) is 1. The van der Waals surface area contributed by atoms with Crippen LogP contribution >= 0.6 is 15.9 Å². The summed E-state index contributed by atoms with van der Waals surface area (Å²) in [5.74, 6) is -1.09. The van der Waals surface area contributed by atoms with E-state index in [1.54, 1.807) is 39.1 Å². The molecule has 0 fully saturated rings. The lowest BCUT2D eigenvalue weighted by Gasteiger charge is -2.28. The number of pyridine rings is 1. The average molecular weight is 329 g/mol. The molecule has 0 spiro atoms. The van der Waals surface area contributed by atoms with E-state index in [4.69, 9.17) is 0 Å². The molecule has 1 atom stereocenters. The van der Waals surface area contributed by atoms with Crippen LogP contribution in [0.2, 0.25) is 0 Å². The molecule has 0 aliphatic heterocycles. The van der Waals surface area contributed by atoms with Gasteiger partial charge in [-0.2, -0.15) is 0 Å². The largest absolute Gasteiger partial charge is 0.481 e. The number of aliphatic carboxylic acids is 1. The molecule has 1 aromatic heterocycles. The minimum absolute atomic E-state index is 0.0942. The molecule has 0 aliphatic carbocycles. The van der Waals surface area contributed by atoms with Crippen LogP contribution in [-0.2, 0) is 9.59 Å². The summed E-state index contributed by atoms with van der Waals surface area (Å²) in [6, 6.07) is 3.48. The highest BCUT2D eigenvalue weighted by atomic mass is 79.9. The lowest BCUT2D eigenvalue weighted by atomic mass is 9.76. The number of halogens is 1. The Morgan fingerprint density at radius 2 is 2.16 bits per heavy atom. The molecule has 1 rings (SSSR count). The standard InChI is InChI=1S/C13H17BrN2O3/c1-8(2)13(3,12(18)19)7-10(17)16-11-9(14)5-4-6-15-11/h4-6,8H,7H2,1-3H3,(H,18,19)(H,15,16,17). The molecule has 19 heavy (non-hydrogen) atoms. The molecule has 0 aliphatic rings. The Bertz CT molecular complexity index is 491. The molecule has 2 N–H and O–H groups in total. The van der Waals surface area contributed by atoms with Crippen molar-refractivity contribution in [2.75, 3.05) is 5.32 Å². The highest BCUT2D eigenvalue weighted by Crippen LogP contribution is 2.32. The number of carboxylic acid groups (broad SMARTS) is 1. The van der Waals surface area contributed by atoms with E-state index < -0.39 is 11.4 Å². The number of carbonyl (C=O) groups is 2. The summed E-state index contributed by atoms with van der Waals surface area (Å²) in [6.45, 7) is 5.16. The Labute approximate surface area is 120 Å². The number of hydrogen-bond donors (Lipinski definition) is 2. The van der Waals surface area contributed by atoms with Gasteiger partial charge in [-0.25, -0.2) is 4.98 Å². The Balaban J connectivity index is 2.80. The maximum Gasteiger partial charge on any atom is 0.310 e. The molecule has 0 saturated carbocycles. The van der Waals surface area contributed by atoms with Crippen LogP contribution in [0.3, 0.4) is 0 Å². The zero-order chi connectivity index (χ0) is 14.6. The van der Waals surface area contributed by atoms with Crippen LogP contribution in [0.5, 0.6) is 0 Å². The summed E-state index contributed by atoms with van der Waals surface area (Å²) in [5.41, 5.74) is -1.09. The fourth-order valence-corrected chi connectivity index (χ4v) is 1.87. The predicted molar refractivity (Wildman–Crippen MR) is 75.8 cm³/mol. The van der Waals surface area contributed by atoms with Gasteiger partial charge in [0, 0.05) is 12.6 Å². The summed E-state index contributed by atoms with van der Waals surface area (Å²) in [7, 11) is 0. The van der Waals surface area contributed by atoms with Crippen molar-refractivity contribution in [3.8, 4) is 0 Å². The topological polar surface area (TPSA) is 79.3 Å². The van der Waals surface area contributed by atoms with Gasteiger partial charge in [0.2, 0.25) is 5.91 Å². The first kappa shape index (κ1) is 15.6. The summed E-state index contributed by atoms with van der Waals surface area (Å²) in [4.78, 5) is 27.3. The van der Waals surface area contributed by atoms with E-state index >= 15 is 0 Å². The predicted octanol–water partition coefficient (Wildman–Crippen LogP) is 2.92. The van der Waals surface area contributed by atoms with E-state index in [2.05, 4.69) is 26.2 Å². The number of amides is 1. The molecular weight excluding hydrogens is 312 g/mol. The molecule has 5 nitrogen and oxygen atoms in total. The fraction of sp³-hybridized carbons (Fsp3) is 0.462. The van der Waals surface area contributed by atoms with Crippen molar-refractivity contribution in [3.05, 3.63) is 22.8 Å². The van der Waals surface area contributed by atoms with Crippen molar-refractivity contribution in [2.45, 2.75) is 27.2 Å². The number of aromatic nitrogens is 1. The molecule has 0 saturated heterocycles. The molecule has 1 unspecified atom stereocenters. The Morgan fingerprint density at radius 1 is 1.53 bits per heavy atom. The van der Waals surface area contributed by atoms with Gasteiger partial charge in [0.25, 0.3) is 0 Å². The van der Waals surface area contributed by atoms with Gasteiger partial charge in [0.1, 0.15) is 5.82 Å². The molecule has 1 heterocycles. The summed E-state index contributed by atoms with van der Waals surface area (Å²) in [6.07, 6.45) is 1.46. The van der Waals surface area contributed by atoms with Gasteiger partial charge in [-0.1, -0.05) is 13.8 Å². The van der Waals surface area contributed by atoms with Crippen molar-refractivity contribution in [1.29, 1.82) is 0 Å². The van der Waals surface area contributed by atoms with Crippen LogP contribution in [0.1, 0.15) is 27.2 Å². The molecule has 104 valence electrons. The first-order valence-electron chi connectivity index (χ1n) is 5.91. The van der Waals surface area contributed by atoms with Crippen LogP contribution in [0.4, 0.5) is 5.82 Å². The van der Waals surface area contributed by atoms with Crippen molar-refractivity contribution in [2.24, 2.45) is 11.3 Å². The van der Waals surface area contributed by atoms with Crippen molar-refractivity contribution < 1.29 is 14.7 Å². The van der Waals surface area contributed by atoms with Crippen molar-refractivity contribution >= 4 is 33.6 Å². The highest BCUT2D eigenvalue weighted by Gasteiger charge is 2.38. The number of carbonyl (C=O) groups excluding carboxylic acids is 1. The normalized spacial score (nSPS) is 13.9. The second kappa shape index (κ2) is 6.14. The first-order valence-corrected chi connectivity index (χ1v) is 6.70. The average Bonchev–Trinajstić information content (AvgIpc) is 2.31. The van der Waals surface area contributed by atoms with Gasteiger partial charge in [-0.15, -0.1) is 0 Å². The third kappa shape index (κ3) is 3.76. The van der Waals surface area contributed by atoms with Gasteiger partial charge in [0.15, 0.2) is 0 Å². The second-order valence-corrected chi connectivity index (χ2v) is 5.79. The van der Waals surface area contributed by atoms with E-state index in [9.17, 15) is 14.7 Å². The Hall–Kier alpha value is -1.43. The summed E-state index contributed by atoms with van der Waals surface area (Å²) >= 11 is 3.27. The smallest absolute Gasteiger partial charge is 0.310 e. The zero-order valence-corrected chi connectivity index (χ0v) is 12.7. The molecule has 0 bridgehead atoms. The molecular formula is C13H17BrN2O3. The van der Waals surface area contributed by atoms with E-state index in [1.165, 1.54) is 0 Å². The van der Waals surface area contributed by atoms with Gasteiger partial charge < -0.3 is 10.4 Å². The van der Waals surface area contributed by atoms with E-state index in [0.717, 1.165) is 0 Å². The number of anilines is 1. The zero-order valence-electron chi connectivity index (χ0n) is 11.1. The fourth-order valence-electron chi connectivity index (χ4n) is 1.51. The number of nitrogens with one attached hydrogen (secondary N) is 1. The monoisotopic (exact) mass is 328 g/mol. The van der Waals surface area contributed by atoms with E-state index in [0.29, 0.717) is 10.3 Å². The first-order chi connectivity index (χ1) is 8.77. The van der Waals surface area contributed by atoms with Gasteiger partial charge in [0.05, 0.1) is 9.89 Å². The lowest BCUT2D eigenvalue weighted by molar-refractivity contribution is -0.153. The molecule has 1 aromatic rings. The Kier molecular flexibility index (Phi) is 5.05.